The topological polar surface area (TPSA) is 61.9 Å². The van der Waals surface area contributed by atoms with Gasteiger partial charge >= 0.3 is 0 Å². The Hall–Kier alpha value is -2.48. The zero-order valence-corrected chi connectivity index (χ0v) is 16.6. The van der Waals surface area contributed by atoms with Gasteiger partial charge in [0.25, 0.3) is 0 Å². The summed E-state index contributed by atoms with van der Waals surface area (Å²) in [6.45, 7) is 1.41. The molecular formula is C19H16ClN5S2. The van der Waals surface area contributed by atoms with Crippen LogP contribution in [0.25, 0.3) is 21.0 Å². The Balaban J connectivity index is 1.30. The van der Waals surface area contributed by atoms with E-state index < -0.39 is 0 Å². The zero-order chi connectivity index (χ0) is 18.6. The van der Waals surface area contributed by atoms with E-state index in [1.54, 1.807) is 6.20 Å². The molecule has 2 aromatic carbocycles. The summed E-state index contributed by atoms with van der Waals surface area (Å²) in [6.07, 6.45) is 3.63. The van der Waals surface area contributed by atoms with Gasteiger partial charge < -0.3 is 16.0 Å². The number of anilines is 2. The normalized spacial score (nSPS) is 10.9. The Bertz CT molecular complexity index is 1110. The van der Waals surface area contributed by atoms with Crippen molar-refractivity contribution in [2.45, 2.75) is 0 Å². The number of halogens is 1. The molecular weight excluding hydrogens is 398 g/mol. The number of nitrogens with one attached hydrogen (secondary N) is 3. The van der Waals surface area contributed by atoms with E-state index in [0.29, 0.717) is 16.7 Å². The fraction of sp³-hybridized carbons (Fsp3) is 0.105. The van der Waals surface area contributed by atoms with Gasteiger partial charge in [-0.15, -0.1) is 0 Å². The van der Waals surface area contributed by atoms with Crippen LogP contribution < -0.4 is 16.0 Å². The van der Waals surface area contributed by atoms with E-state index >= 15 is 0 Å². The maximum absolute atomic E-state index is 6.03. The van der Waals surface area contributed by atoms with Crippen molar-refractivity contribution in [3.8, 4) is 0 Å². The van der Waals surface area contributed by atoms with Crippen molar-refractivity contribution in [2.75, 3.05) is 23.7 Å². The van der Waals surface area contributed by atoms with Crippen LogP contribution in [0.1, 0.15) is 0 Å². The average molecular weight is 414 g/mol. The van der Waals surface area contributed by atoms with Gasteiger partial charge in [0.2, 0.25) is 0 Å². The number of nitrogens with zero attached hydrogens (tertiary/aromatic N) is 2. The molecule has 0 saturated carbocycles. The lowest BCUT2D eigenvalue weighted by atomic mass is 10.2. The van der Waals surface area contributed by atoms with Crippen molar-refractivity contribution in [1.82, 2.24) is 14.7 Å². The van der Waals surface area contributed by atoms with Crippen molar-refractivity contribution in [3.63, 3.8) is 0 Å². The van der Waals surface area contributed by atoms with Crippen molar-refractivity contribution in [1.29, 1.82) is 0 Å². The SMILES string of the molecule is S=C(NCCNc1ccnc2cc(Cl)ccc12)Nc1ccc2sncc2c1. The molecule has 0 radical (unpaired) electrons. The molecule has 2 heterocycles. The van der Waals surface area contributed by atoms with E-state index in [1.807, 2.05) is 48.7 Å². The summed E-state index contributed by atoms with van der Waals surface area (Å²) in [7, 11) is 0. The van der Waals surface area contributed by atoms with Gasteiger partial charge in [-0.1, -0.05) is 11.6 Å². The third-order valence-corrected chi connectivity index (χ3v) is 5.30. The van der Waals surface area contributed by atoms with Gasteiger partial charge in [-0.05, 0) is 66.2 Å². The standard InChI is InChI=1S/C19H16ClN5S2/c20-13-1-3-15-16(5-6-21-17(15)10-13)22-7-8-23-19(26)25-14-2-4-18-12(9-14)11-24-27-18/h1-6,9-11H,7-8H2,(H,21,22)(H2,23,25,26). The highest BCUT2D eigenvalue weighted by Gasteiger charge is 2.03. The fourth-order valence-electron chi connectivity index (χ4n) is 2.77. The average Bonchev–Trinajstić information content (AvgIpc) is 3.13. The van der Waals surface area contributed by atoms with Gasteiger partial charge in [-0.3, -0.25) is 4.98 Å². The first-order valence-corrected chi connectivity index (χ1v) is 9.92. The first-order chi connectivity index (χ1) is 13.2. The number of fused-ring (bicyclic) bond motifs is 2. The van der Waals surface area contributed by atoms with Gasteiger partial charge in [0.15, 0.2) is 5.11 Å². The number of pyridine rings is 1. The second kappa shape index (κ2) is 8.04. The Labute approximate surface area is 170 Å². The molecule has 4 rings (SSSR count). The van der Waals surface area contributed by atoms with Crippen molar-refractivity contribution in [3.05, 3.63) is 59.9 Å². The molecule has 0 aliphatic carbocycles. The lowest BCUT2D eigenvalue weighted by Gasteiger charge is -2.13. The Morgan fingerprint density at radius 1 is 1.11 bits per heavy atom. The van der Waals surface area contributed by atoms with Gasteiger partial charge in [0, 0.05) is 52.7 Å². The number of hydrogen-bond donors (Lipinski definition) is 3. The smallest absolute Gasteiger partial charge is 0.170 e. The van der Waals surface area contributed by atoms with Gasteiger partial charge in [-0.2, -0.15) is 4.37 Å². The second-order valence-corrected chi connectivity index (χ2v) is 7.58. The first-order valence-electron chi connectivity index (χ1n) is 8.36. The van der Waals surface area contributed by atoms with E-state index in [4.69, 9.17) is 23.8 Å². The largest absolute Gasteiger partial charge is 0.383 e. The molecule has 5 nitrogen and oxygen atoms in total. The minimum atomic E-state index is 0.589. The molecule has 3 N–H and O–H groups in total. The van der Waals surface area contributed by atoms with Crippen LogP contribution in [0.2, 0.25) is 5.02 Å². The maximum Gasteiger partial charge on any atom is 0.170 e. The van der Waals surface area contributed by atoms with E-state index in [1.165, 1.54) is 11.5 Å². The van der Waals surface area contributed by atoms with Crippen LogP contribution in [-0.4, -0.2) is 27.6 Å². The molecule has 0 aliphatic heterocycles. The Morgan fingerprint density at radius 2 is 2.04 bits per heavy atom. The lowest BCUT2D eigenvalue weighted by molar-refractivity contribution is 0.916. The molecule has 0 spiro atoms. The molecule has 0 fully saturated rings. The van der Waals surface area contributed by atoms with Crippen molar-refractivity contribution >= 4 is 72.8 Å². The molecule has 0 bridgehead atoms. The summed E-state index contributed by atoms with van der Waals surface area (Å²) >= 11 is 12.9. The van der Waals surface area contributed by atoms with Crippen LogP contribution >= 0.6 is 35.4 Å². The van der Waals surface area contributed by atoms with Crippen LogP contribution in [-0.2, 0) is 0 Å². The molecule has 4 aromatic rings. The van der Waals surface area contributed by atoms with E-state index in [2.05, 4.69) is 25.3 Å². The first kappa shape index (κ1) is 17.9. The minimum absolute atomic E-state index is 0.589. The summed E-state index contributed by atoms with van der Waals surface area (Å²) in [4.78, 5) is 4.35. The van der Waals surface area contributed by atoms with Gasteiger partial charge in [-0.25, -0.2) is 0 Å². The van der Waals surface area contributed by atoms with Gasteiger partial charge in [0.1, 0.15) is 0 Å². The second-order valence-electron chi connectivity index (χ2n) is 5.91. The number of thiocarbonyl (C=S) groups is 1. The predicted molar refractivity (Wildman–Crippen MR) is 119 cm³/mol. The quantitative estimate of drug-likeness (QED) is 0.319. The van der Waals surface area contributed by atoms with Crippen LogP contribution in [0.5, 0.6) is 0 Å². The summed E-state index contributed by atoms with van der Waals surface area (Å²) in [5.74, 6) is 0. The fourth-order valence-corrected chi connectivity index (χ4v) is 3.79. The van der Waals surface area contributed by atoms with E-state index in [-0.39, 0.29) is 0 Å². The third-order valence-electron chi connectivity index (χ3n) is 4.04. The maximum atomic E-state index is 6.03. The summed E-state index contributed by atoms with van der Waals surface area (Å²) in [6, 6.07) is 13.7. The summed E-state index contributed by atoms with van der Waals surface area (Å²) in [5.41, 5.74) is 2.84. The highest BCUT2D eigenvalue weighted by molar-refractivity contribution is 7.80. The van der Waals surface area contributed by atoms with Crippen LogP contribution in [0.15, 0.2) is 54.9 Å². The summed E-state index contributed by atoms with van der Waals surface area (Å²) in [5, 5.41) is 13.2. The van der Waals surface area contributed by atoms with Crippen LogP contribution in [0.4, 0.5) is 11.4 Å². The molecule has 0 atom stereocenters. The molecule has 2 aromatic heterocycles. The monoisotopic (exact) mass is 413 g/mol. The van der Waals surface area contributed by atoms with Gasteiger partial charge in [0.05, 0.1) is 10.2 Å². The number of benzene rings is 2. The number of hydrogen-bond acceptors (Lipinski definition) is 5. The molecule has 8 heteroatoms. The highest BCUT2D eigenvalue weighted by atomic mass is 35.5. The van der Waals surface area contributed by atoms with Crippen molar-refractivity contribution < 1.29 is 0 Å². The molecule has 0 aliphatic rings. The Morgan fingerprint density at radius 3 is 2.96 bits per heavy atom. The Kier molecular flexibility index (Phi) is 5.33. The zero-order valence-electron chi connectivity index (χ0n) is 14.2. The number of rotatable bonds is 5. The number of aromatic nitrogens is 2. The van der Waals surface area contributed by atoms with Crippen LogP contribution in [0, 0.1) is 0 Å². The van der Waals surface area contributed by atoms with Crippen LogP contribution in [0.3, 0.4) is 0 Å². The molecule has 27 heavy (non-hydrogen) atoms. The predicted octanol–water partition coefficient (Wildman–Crippen LogP) is 4.90. The minimum Gasteiger partial charge on any atom is -0.383 e. The molecule has 136 valence electrons. The molecule has 0 amide bonds. The lowest BCUT2D eigenvalue weighted by Crippen LogP contribution is -2.32. The van der Waals surface area contributed by atoms with E-state index in [9.17, 15) is 0 Å². The van der Waals surface area contributed by atoms with Crippen molar-refractivity contribution in [2.24, 2.45) is 0 Å². The molecule has 0 saturated heterocycles. The van der Waals surface area contributed by atoms with E-state index in [0.717, 1.165) is 38.9 Å². The summed E-state index contributed by atoms with van der Waals surface area (Å²) < 4.78 is 5.34. The third kappa shape index (κ3) is 4.27. The molecule has 0 unspecified atom stereocenters. The highest BCUT2D eigenvalue weighted by Crippen LogP contribution is 2.24.